The van der Waals surface area contributed by atoms with E-state index in [9.17, 15) is 0 Å². The lowest BCUT2D eigenvalue weighted by Crippen LogP contribution is -2.26. The molecule has 0 aromatic carbocycles. The van der Waals surface area contributed by atoms with Crippen molar-refractivity contribution in [2.45, 2.75) is 19.9 Å². The Kier molecular flexibility index (Phi) is 2.47. The Labute approximate surface area is 67.9 Å². The van der Waals surface area contributed by atoms with E-state index in [4.69, 9.17) is 0 Å². The summed E-state index contributed by atoms with van der Waals surface area (Å²) in [5.74, 6) is 0.975. The van der Waals surface area contributed by atoms with E-state index in [0.717, 1.165) is 5.82 Å². The maximum absolute atomic E-state index is 4.10. The van der Waals surface area contributed by atoms with Crippen LogP contribution in [0.15, 0.2) is 18.2 Å². The molecule has 1 rings (SSSR count). The normalized spacial score (nSPS) is 10.2. The van der Waals surface area contributed by atoms with Crippen LogP contribution < -0.4 is 4.90 Å². The van der Waals surface area contributed by atoms with Gasteiger partial charge in [0, 0.05) is 13.1 Å². The Hall–Kier alpha value is -1.05. The van der Waals surface area contributed by atoms with E-state index in [1.807, 2.05) is 19.2 Å². The average Bonchev–Trinajstić information content (AvgIpc) is 2.05. The van der Waals surface area contributed by atoms with Gasteiger partial charge >= 0.3 is 0 Å². The van der Waals surface area contributed by atoms with Gasteiger partial charge in [-0.2, -0.15) is 0 Å². The molecule has 0 N–H and O–H groups in total. The van der Waals surface area contributed by atoms with E-state index in [-0.39, 0.29) is 0 Å². The lowest BCUT2D eigenvalue weighted by Gasteiger charge is -2.21. The maximum Gasteiger partial charge on any atom is 0.129 e. The monoisotopic (exact) mass is 149 g/mol. The second-order valence-corrected chi connectivity index (χ2v) is 2.83. The van der Waals surface area contributed by atoms with Gasteiger partial charge in [-0.05, 0) is 26.0 Å². The van der Waals surface area contributed by atoms with Crippen molar-refractivity contribution in [2.75, 3.05) is 11.9 Å². The van der Waals surface area contributed by atoms with E-state index in [2.05, 4.69) is 29.9 Å². The van der Waals surface area contributed by atoms with Crippen molar-refractivity contribution >= 4 is 5.82 Å². The van der Waals surface area contributed by atoms with Crippen molar-refractivity contribution in [3.8, 4) is 0 Å². The minimum Gasteiger partial charge on any atom is -0.357 e. The summed E-state index contributed by atoms with van der Waals surface area (Å²) in [6.45, 7) is 4.27. The van der Waals surface area contributed by atoms with Crippen molar-refractivity contribution in [2.24, 2.45) is 0 Å². The maximum atomic E-state index is 4.10. The summed E-state index contributed by atoms with van der Waals surface area (Å²) >= 11 is 0. The third-order valence-electron chi connectivity index (χ3n) is 1.73. The van der Waals surface area contributed by atoms with E-state index in [1.54, 1.807) is 6.07 Å². The van der Waals surface area contributed by atoms with Crippen molar-refractivity contribution in [1.29, 1.82) is 0 Å². The molecule has 1 heterocycles. The molecular formula is C9H13N2. The zero-order chi connectivity index (χ0) is 8.27. The molecule has 0 saturated carbocycles. The van der Waals surface area contributed by atoms with E-state index in [0.29, 0.717) is 6.04 Å². The lowest BCUT2D eigenvalue weighted by molar-refractivity contribution is 0.743. The van der Waals surface area contributed by atoms with Crippen molar-refractivity contribution in [3.05, 3.63) is 24.4 Å². The standard InChI is InChI=1S/C9H13N2/c1-8(2)11(3)9-6-4-5-7-10-9/h4-6,8H,1-3H3. The van der Waals surface area contributed by atoms with Crippen LogP contribution in [0, 0.1) is 6.20 Å². The van der Waals surface area contributed by atoms with E-state index >= 15 is 0 Å². The minimum atomic E-state index is 0.485. The molecule has 2 nitrogen and oxygen atoms in total. The molecule has 0 bridgehead atoms. The first kappa shape index (κ1) is 8.05. The third kappa shape index (κ3) is 1.93. The Balaban J connectivity index is 2.77. The largest absolute Gasteiger partial charge is 0.357 e. The molecule has 0 fully saturated rings. The SMILES string of the molecule is CC(C)N(C)c1ccc[c]n1. The van der Waals surface area contributed by atoms with Crippen LogP contribution in [0.25, 0.3) is 0 Å². The molecule has 2 heteroatoms. The van der Waals surface area contributed by atoms with Crippen LogP contribution in [-0.2, 0) is 0 Å². The van der Waals surface area contributed by atoms with Gasteiger partial charge in [0.05, 0.1) is 6.20 Å². The van der Waals surface area contributed by atoms with Crippen LogP contribution in [-0.4, -0.2) is 18.1 Å². The summed E-state index contributed by atoms with van der Waals surface area (Å²) in [6.07, 6.45) is 2.81. The van der Waals surface area contributed by atoms with E-state index < -0.39 is 0 Å². The van der Waals surface area contributed by atoms with Gasteiger partial charge in [0.2, 0.25) is 0 Å². The Morgan fingerprint density at radius 2 is 2.27 bits per heavy atom. The molecule has 0 aliphatic heterocycles. The fourth-order valence-electron chi connectivity index (χ4n) is 0.779. The van der Waals surface area contributed by atoms with Crippen molar-refractivity contribution in [1.82, 2.24) is 4.98 Å². The third-order valence-corrected chi connectivity index (χ3v) is 1.73. The molecule has 0 saturated heterocycles. The first-order valence-corrected chi connectivity index (χ1v) is 3.77. The number of pyridine rings is 1. The van der Waals surface area contributed by atoms with Gasteiger partial charge in [0.25, 0.3) is 0 Å². The summed E-state index contributed by atoms with van der Waals surface area (Å²) in [4.78, 5) is 6.21. The molecule has 1 radical (unpaired) electrons. The zero-order valence-corrected chi connectivity index (χ0v) is 7.20. The van der Waals surface area contributed by atoms with Crippen LogP contribution in [0.1, 0.15) is 13.8 Å². The highest BCUT2D eigenvalue weighted by atomic mass is 15.2. The molecule has 11 heavy (non-hydrogen) atoms. The first-order chi connectivity index (χ1) is 5.22. The van der Waals surface area contributed by atoms with Crippen LogP contribution in [0.4, 0.5) is 5.82 Å². The number of aromatic nitrogens is 1. The summed E-state index contributed by atoms with van der Waals surface area (Å²) in [7, 11) is 2.03. The zero-order valence-electron chi connectivity index (χ0n) is 7.20. The average molecular weight is 149 g/mol. The van der Waals surface area contributed by atoms with Crippen molar-refractivity contribution in [3.63, 3.8) is 0 Å². The Bertz CT molecular complexity index is 206. The predicted octanol–water partition coefficient (Wildman–Crippen LogP) is 1.73. The second kappa shape index (κ2) is 3.37. The molecule has 0 aliphatic rings. The van der Waals surface area contributed by atoms with Gasteiger partial charge in [0.15, 0.2) is 0 Å². The molecule has 1 aromatic rings. The van der Waals surface area contributed by atoms with Gasteiger partial charge in [-0.3, -0.25) is 0 Å². The summed E-state index contributed by atoms with van der Waals surface area (Å²) in [5.41, 5.74) is 0. The molecular weight excluding hydrogens is 136 g/mol. The predicted molar refractivity (Wildman–Crippen MR) is 46.6 cm³/mol. The van der Waals surface area contributed by atoms with Crippen LogP contribution in [0.3, 0.4) is 0 Å². The smallest absolute Gasteiger partial charge is 0.129 e. The number of anilines is 1. The van der Waals surface area contributed by atoms with Gasteiger partial charge in [0.1, 0.15) is 5.82 Å². The quantitative estimate of drug-likeness (QED) is 0.636. The van der Waals surface area contributed by atoms with Crippen LogP contribution >= 0.6 is 0 Å². The van der Waals surface area contributed by atoms with Gasteiger partial charge in [-0.25, -0.2) is 4.98 Å². The summed E-state index contributed by atoms with van der Waals surface area (Å²) < 4.78 is 0. The minimum absolute atomic E-state index is 0.485. The second-order valence-electron chi connectivity index (χ2n) is 2.83. The molecule has 59 valence electrons. The molecule has 0 unspecified atom stereocenters. The summed E-state index contributed by atoms with van der Waals surface area (Å²) in [6, 6.07) is 6.22. The fraction of sp³-hybridized carbons (Fsp3) is 0.444. The lowest BCUT2D eigenvalue weighted by atomic mass is 10.3. The highest BCUT2D eigenvalue weighted by Crippen LogP contribution is 2.08. The highest BCUT2D eigenvalue weighted by Gasteiger charge is 2.03. The molecule has 1 aromatic heterocycles. The number of hydrogen-bond acceptors (Lipinski definition) is 2. The topological polar surface area (TPSA) is 16.1 Å². The molecule has 0 atom stereocenters. The number of nitrogens with zero attached hydrogens (tertiary/aromatic N) is 2. The Morgan fingerprint density at radius 3 is 2.73 bits per heavy atom. The summed E-state index contributed by atoms with van der Waals surface area (Å²) in [5, 5.41) is 0. The van der Waals surface area contributed by atoms with Gasteiger partial charge in [-0.15, -0.1) is 0 Å². The fourth-order valence-corrected chi connectivity index (χ4v) is 0.779. The molecule has 0 amide bonds. The van der Waals surface area contributed by atoms with Crippen LogP contribution in [0.5, 0.6) is 0 Å². The molecule has 0 spiro atoms. The number of rotatable bonds is 2. The van der Waals surface area contributed by atoms with Crippen LogP contribution in [0.2, 0.25) is 0 Å². The van der Waals surface area contributed by atoms with Gasteiger partial charge < -0.3 is 4.90 Å². The Morgan fingerprint density at radius 1 is 1.55 bits per heavy atom. The van der Waals surface area contributed by atoms with Gasteiger partial charge in [-0.1, -0.05) is 6.07 Å². The number of hydrogen-bond donors (Lipinski definition) is 0. The molecule has 0 aliphatic carbocycles. The highest BCUT2D eigenvalue weighted by molar-refractivity contribution is 5.36. The first-order valence-electron chi connectivity index (χ1n) is 3.77. The van der Waals surface area contributed by atoms with Crippen molar-refractivity contribution < 1.29 is 0 Å². The van der Waals surface area contributed by atoms with E-state index in [1.165, 1.54) is 0 Å².